The molecule has 0 N–H and O–H groups in total. The molecule has 0 amide bonds. The lowest BCUT2D eigenvalue weighted by Gasteiger charge is -2.42. The quantitative estimate of drug-likeness (QED) is 0.432. The highest BCUT2D eigenvalue weighted by molar-refractivity contribution is 5.85. The van der Waals surface area contributed by atoms with Gasteiger partial charge < -0.3 is 4.74 Å². The predicted octanol–water partition coefficient (Wildman–Crippen LogP) is 8.03. The van der Waals surface area contributed by atoms with E-state index in [0.29, 0.717) is 18.3 Å². The van der Waals surface area contributed by atoms with Crippen molar-refractivity contribution >= 4 is 10.8 Å². The number of unbranched alkanes of at least 4 members (excludes halogenated alkanes) is 1. The maximum absolute atomic E-state index is 14.7. The van der Waals surface area contributed by atoms with Crippen LogP contribution >= 0.6 is 0 Å². The van der Waals surface area contributed by atoms with Crippen LogP contribution in [0.4, 0.5) is 4.39 Å². The van der Waals surface area contributed by atoms with Crippen LogP contribution in [-0.2, 0) is 0 Å². The van der Waals surface area contributed by atoms with Gasteiger partial charge in [-0.2, -0.15) is 0 Å². The van der Waals surface area contributed by atoms with E-state index >= 15 is 0 Å². The summed E-state index contributed by atoms with van der Waals surface area (Å²) in [4.78, 5) is 0. The number of benzene rings is 2. The Balaban J connectivity index is 1.45. The van der Waals surface area contributed by atoms with Crippen LogP contribution in [0.5, 0.6) is 5.75 Å². The summed E-state index contributed by atoms with van der Waals surface area (Å²) in [6.45, 7) is 6.35. The summed E-state index contributed by atoms with van der Waals surface area (Å²) in [7, 11) is 0. The van der Waals surface area contributed by atoms with E-state index in [-0.39, 0.29) is 5.82 Å². The van der Waals surface area contributed by atoms with Crippen molar-refractivity contribution in [1.29, 1.82) is 0 Å². The number of fused-ring (bicyclic) bond motifs is 2. The molecule has 0 aliphatic heterocycles. The lowest BCUT2D eigenvalue weighted by molar-refractivity contribution is 0.113. The van der Waals surface area contributed by atoms with Gasteiger partial charge in [0.25, 0.3) is 0 Å². The van der Waals surface area contributed by atoms with Gasteiger partial charge in [0.1, 0.15) is 18.2 Å². The largest absolute Gasteiger partial charge is 0.489 e. The molecule has 0 spiro atoms. The molecule has 0 heterocycles. The highest BCUT2D eigenvalue weighted by atomic mass is 19.1. The van der Waals surface area contributed by atoms with Gasteiger partial charge in [-0.15, -0.1) is 0 Å². The molecular formula is C27H35FO. The van der Waals surface area contributed by atoms with E-state index in [0.717, 1.165) is 28.5 Å². The SMILES string of the molecule is C=CCOc1cc(F)c2cc([C@@H]3CC[C@@H]4CC(CCCC)CCC4C3)ccc2c1. The van der Waals surface area contributed by atoms with E-state index in [9.17, 15) is 4.39 Å². The molecule has 156 valence electrons. The minimum absolute atomic E-state index is 0.187. The summed E-state index contributed by atoms with van der Waals surface area (Å²) in [6, 6.07) is 9.82. The number of ether oxygens (including phenoxy) is 1. The molecule has 0 bridgehead atoms. The van der Waals surface area contributed by atoms with Crippen molar-refractivity contribution in [2.45, 2.75) is 70.6 Å². The Kier molecular flexibility index (Phi) is 6.57. The first kappa shape index (κ1) is 20.4. The lowest BCUT2D eigenvalue weighted by Crippen LogP contribution is -2.30. The van der Waals surface area contributed by atoms with E-state index in [1.54, 1.807) is 6.08 Å². The zero-order valence-corrected chi connectivity index (χ0v) is 17.8. The molecule has 4 atom stereocenters. The number of hydrogen-bond acceptors (Lipinski definition) is 1. The van der Waals surface area contributed by atoms with Crippen LogP contribution in [0.3, 0.4) is 0 Å². The van der Waals surface area contributed by atoms with Gasteiger partial charge in [0, 0.05) is 11.5 Å². The molecule has 2 aliphatic rings. The molecule has 29 heavy (non-hydrogen) atoms. The fourth-order valence-electron chi connectivity index (χ4n) is 5.84. The number of halogens is 1. The molecular weight excluding hydrogens is 359 g/mol. The van der Waals surface area contributed by atoms with Crippen LogP contribution in [-0.4, -0.2) is 6.61 Å². The van der Waals surface area contributed by atoms with Crippen LogP contribution in [0.2, 0.25) is 0 Å². The van der Waals surface area contributed by atoms with E-state index in [4.69, 9.17) is 4.74 Å². The maximum atomic E-state index is 14.7. The molecule has 4 rings (SSSR count). The molecule has 0 saturated heterocycles. The maximum Gasteiger partial charge on any atom is 0.134 e. The minimum atomic E-state index is -0.187. The van der Waals surface area contributed by atoms with Crippen LogP contribution in [0.15, 0.2) is 43.0 Å². The Morgan fingerprint density at radius 3 is 2.72 bits per heavy atom. The Morgan fingerprint density at radius 2 is 1.90 bits per heavy atom. The zero-order chi connectivity index (χ0) is 20.2. The van der Waals surface area contributed by atoms with Crippen LogP contribution in [0.1, 0.15) is 76.2 Å². The normalized spacial score (nSPS) is 26.8. The molecule has 2 aliphatic carbocycles. The third-order valence-corrected chi connectivity index (χ3v) is 7.43. The van der Waals surface area contributed by atoms with Gasteiger partial charge in [0.05, 0.1) is 0 Å². The molecule has 1 nitrogen and oxygen atoms in total. The third kappa shape index (κ3) is 4.68. The Labute approximate surface area is 175 Å². The van der Waals surface area contributed by atoms with Gasteiger partial charge in [0.15, 0.2) is 0 Å². The Bertz CT molecular complexity index is 842. The second-order valence-electron chi connectivity index (χ2n) is 9.34. The summed E-state index contributed by atoms with van der Waals surface area (Å²) < 4.78 is 20.3. The smallest absolute Gasteiger partial charge is 0.134 e. The van der Waals surface area contributed by atoms with E-state index in [1.807, 2.05) is 6.07 Å². The molecule has 2 fully saturated rings. The van der Waals surface area contributed by atoms with Crippen molar-refractivity contribution in [3.63, 3.8) is 0 Å². The summed E-state index contributed by atoms with van der Waals surface area (Å²) in [6.07, 6.45) is 14.0. The van der Waals surface area contributed by atoms with Gasteiger partial charge in [-0.1, -0.05) is 57.4 Å². The topological polar surface area (TPSA) is 9.23 Å². The fraction of sp³-hybridized carbons (Fsp3) is 0.556. The number of rotatable bonds is 7. The van der Waals surface area contributed by atoms with Crippen molar-refractivity contribution in [2.75, 3.05) is 6.61 Å². The van der Waals surface area contributed by atoms with E-state index in [2.05, 4.69) is 31.7 Å². The fourth-order valence-corrected chi connectivity index (χ4v) is 5.84. The molecule has 0 radical (unpaired) electrons. The van der Waals surface area contributed by atoms with Gasteiger partial charge >= 0.3 is 0 Å². The second kappa shape index (κ2) is 9.32. The van der Waals surface area contributed by atoms with Crippen molar-refractivity contribution in [2.24, 2.45) is 17.8 Å². The number of hydrogen-bond donors (Lipinski definition) is 0. The summed E-state index contributed by atoms with van der Waals surface area (Å²) in [5.74, 6) is 3.76. The van der Waals surface area contributed by atoms with Crippen LogP contribution in [0, 0.1) is 23.6 Å². The third-order valence-electron chi connectivity index (χ3n) is 7.43. The summed E-state index contributed by atoms with van der Waals surface area (Å²) >= 11 is 0. The Morgan fingerprint density at radius 1 is 1.07 bits per heavy atom. The average molecular weight is 395 g/mol. The zero-order valence-electron chi connectivity index (χ0n) is 17.8. The molecule has 2 aromatic rings. The molecule has 2 aromatic carbocycles. The summed E-state index contributed by atoms with van der Waals surface area (Å²) in [5, 5.41) is 1.64. The van der Waals surface area contributed by atoms with Crippen molar-refractivity contribution in [3.05, 3.63) is 54.4 Å². The van der Waals surface area contributed by atoms with Gasteiger partial charge in [-0.3, -0.25) is 0 Å². The van der Waals surface area contributed by atoms with Gasteiger partial charge in [-0.25, -0.2) is 4.39 Å². The van der Waals surface area contributed by atoms with Crippen molar-refractivity contribution in [1.82, 2.24) is 0 Å². The van der Waals surface area contributed by atoms with Gasteiger partial charge in [0.2, 0.25) is 0 Å². The highest BCUT2D eigenvalue weighted by Crippen LogP contribution is 2.48. The lowest BCUT2D eigenvalue weighted by atomic mass is 9.63. The van der Waals surface area contributed by atoms with Crippen molar-refractivity contribution < 1.29 is 9.13 Å². The standard InChI is InChI=1S/C27H35FO/c1-3-5-6-19-7-8-21-15-22(10-9-20(21)14-19)23-11-12-24-16-25(29-13-4-2)18-27(28)26(24)17-23/h4,11-12,16-22H,2-3,5-10,13-15H2,1H3/t19?,20-,21?,22-/m1/s1. The Hall–Kier alpha value is -1.83. The highest BCUT2D eigenvalue weighted by Gasteiger charge is 2.35. The molecule has 0 aromatic heterocycles. The van der Waals surface area contributed by atoms with E-state index < -0.39 is 0 Å². The van der Waals surface area contributed by atoms with E-state index in [1.165, 1.54) is 69.4 Å². The molecule has 2 heteroatoms. The first-order chi connectivity index (χ1) is 14.2. The molecule has 2 saturated carbocycles. The van der Waals surface area contributed by atoms with Crippen LogP contribution in [0.25, 0.3) is 10.8 Å². The van der Waals surface area contributed by atoms with Crippen molar-refractivity contribution in [3.8, 4) is 5.75 Å². The second-order valence-corrected chi connectivity index (χ2v) is 9.34. The first-order valence-corrected chi connectivity index (χ1v) is 11.6. The average Bonchev–Trinajstić information content (AvgIpc) is 2.75. The monoisotopic (exact) mass is 394 g/mol. The molecule has 2 unspecified atom stereocenters. The summed E-state index contributed by atoms with van der Waals surface area (Å²) in [5.41, 5.74) is 1.32. The first-order valence-electron chi connectivity index (χ1n) is 11.6. The van der Waals surface area contributed by atoms with Gasteiger partial charge in [-0.05, 0) is 78.9 Å². The van der Waals surface area contributed by atoms with Crippen LogP contribution < -0.4 is 4.74 Å². The predicted molar refractivity (Wildman–Crippen MR) is 120 cm³/mol. The minimum Gasteiger partial charge on any atom is -0.489 e.